The predicted molar refractivity (Wildman–Crippen MR) is 89.5 cm³/mol. The number of aromatic nitrogens is 2. The summed E-state index contributed by atoms with van der Waals surface area (Å²) in [6.45, 7) is 0. The first-order valence-corrected chi connectivity index (χ1v) is 7.72. The number of aromatic amines is 1. The van der Waals surface area contributed by atoms with E-state index in [4.69, 9.17) is 4.74 Å². The summed E-state index contributed by atoms with van der Waals surface area (Å²) in [6.07, 6.45) is 1.67. The van der Waals surface area contributed by atoms with E-state index in [0.29, 0.717) is 10.6 Å². The fraction of sp³-hybridized carbons (Fsp3) is 0.188. The number of rotatable bonds is 4. The molecule has 0 fully saturated rings. The number of methoxy groups -OCH3 is 1. The zero-order valence-corrected chi connectivity index (χ0v) is 13.7. The van der Waals surface area contributed by atoms with Crippen molar-refractivity contribution in [3.05, 3.63) is 46.7 Å². The van der Waals surface area contributed by atoms with Crippen molar-refractivity contribution in [2.45, 2.75) is 0 Å². The molecule has 0 spiro atoms. The van der Waals surface area contributed by atoms with Crippen LogP contribution in [0.2, 0.25) is 0 Å². The number of para-hydroxylation sites is 1. The van der Waals surface area contributed by atoms with Gasteiger partial charge in [0.2, 0.25) is 5.78 Å². The molecule has 118 valence electrons. The van der Waals surface area contributed by atoms with Gasteiger partial charge in [0.1, 0.15) is 5.00 Å². The number of H-pyrrole nitrogens is 1. The minimum atomic E-state index is -0.553. The Hall–Kier alpha value is -2.67. The maximum atomic E-state index is 12.8. The molecule has 0 unspecified atom stereocenters. The average Bonchev–Trinajstić information content (AvgIpc) is 3.18. The predicted octanol–water partition coefficient (Wildman–Crippen LogP) is 2.71. The second-order valence-electron chi connectivity index (χ2n) is 5.14. The third-order valence-corrected chi connectivity index (χ3v) is 4.64. The number of ether oxygens (including phenoxy) is 1. The number of carbonyl (C=O) groups excluding carboxylic acids is 2. The lowest BCUT2D eigenvalue weighted by Crippen LogP contribution is -2.13. The number of benzene rings is 1. The summed E-state index contributed by atoms with van der Waals surface area (Å²) < 4.78 is 4.74. The molecule has 0 saturated heterocycles. The Bertz CT molecular complexity index is 895. The fourth-order valence-corrected chi connectivity index (χ4v) is 3.25. The third kappa shape index (κ3) is 2.59. The molecule has 0 atom stereocenters. The smallest absolute Gasteiger partial charge is 0.359 e. The van der Waals surface area contributed by atoms with Crippen LogP contribution in [-0.4, -0.2) is 42.9 Å². The van der Waals surface area contributed by atoms with Gasteiger partial charge in [0.25, 0.3) is 0 Å². The number of nitrogens with one attached hydrogen (secondary N) is 1. The Labute approximate surface area is 136 Å². The van der Waals surface area contributed by atoms with E-state index >= 15 is 0 Å². The van der Waals surface area contributed by atoms with E-state index in [2.05, 4.69) is 9.97 Å². The maximum Gasteiger partial charge on any atom is 0.359 e. The van der Waals surface area contributed by atoms with Crippen molar-refractivity contribution in [3.8, 4) is 0 Å². The largest absolute Gasteiger partial charge is 0.464 e. The van der Waals surface area contributed by atoms with Gasteiger partial charge in [-0.15, -0.1) is 0 Å². The molecule has 1 N–H and O–H groups in total. The van der Waals surface area contributed by atoms with Crippen LogP contribution in [0.4, 0.5) is 5.00 Å². The SMILES string of the molecule is COC(=O)c1nc(C(=O)c2c[nH]c3ccccc23)sc1N(C)C. The number of carbonyl (C=O) groups is 2. The molecule has 0 aliphatic rings. The first kappa shape index (κ1) is 15.2. The topological polar surface area (TPSA) is 75.3 Å². The van der Waals surface area contributed by atoms with E-state index in [0.717, 1.165) is 10.9 Å². The van der Waals surface area contributed by atoms with Gasteiger partial charge in [-0.05, 0) is 6.07 Å². The quantitative estimate of drug-likeness (QED) is 0.588. The molecule has 0 saturated carbocycles. The van der Waals surface area contributed by atoms with Crippen molar-refractivity contribution >= 4 is 39.0 Å². The van der Waals surface area contributed by atoms with Crippen LogP contribution in [0.3, 0.4) is 0 Å². The van der Waals surface area contributed by atoms with E-state index < -0.39 is 5.97 Å². The van der Waals surface area contributed by atoms with Crippen molar-refractivity contribution < 1.29 is 14.3 Å². The summed E-state index contributed by atoms with van der Waals surface area (Å²) in [5.41, 5.74) is 1.58. The highest BCUT2D eigenvalue weighted by Crippen LogP contribution is 2.30. The van der Waals surface area contributed by atoms with E-state index in [1.165, 1.54) is 18.4 Å². The number of esters is 1. The van der Waals surface area contributed by atoms with Crippen LogP contribution < -0.4 is 4.90 Å². The number of anilines is 1. The van der Waals surface area contributed by atoms with Crippen LogP contribution in [0.25, 0.3) is 10.9 Å². The van der Waals surface area contributed by atoms with Crippen molar-refractivity contribution in [2.75, 3.05) is 26.1 Å². The Kier molecular flexibility index (Phi) is 3.87. The van der Waals surface area contributed by atoms with Crippen molar-refractivity contribution in [2.24, 2.45) is 0 Å². The zero-order chi connectivity index (χ0) is 16.6. The van der Waals surface area contributed by atoms with Crippen molar-refractivity contribution in [1.82, 2.24) is 9.97 Å². The lowest BCUT2D eigenvalue weighted by Gasteiger charge is -2.09. The highest BCUT2D eigenvalue weighted by Gasteiger charge is 2.25. The first-order valence-electron chi connectivity index (χ1n) is 6.90. The molecule has 0 aliphatic carbocycles. The highest BCUT2D eigenvalue weighted by atomic mass is 32.1. The maximum absolute atomic E-state index is 12.8. The van der Waals surface area contributed by atoms with Gasteiger partial charge in [0.15, 0.2) is 10.7 Å². The van der Waals surface area contributed by atoms with Crippen LogP contribution in [0.1, 0.15) is 25.9 Å². The highest BCUT2D eigenvalue weighted by molar-refractivity contribution is 7.18. The molecule has 2 heterocycles. The fourth-order valence-electron chi connectivity index (χ4n) is 2.32. The van der Waals surface area contributed by atoms with Crippen LogP contribution in [0.5, 0.6) is 0 Å². The minimum Gasteiger partial charge on any atom is -0.464 e. The second-order valence-corrected chi connectivity index (χ2v) is 6.11. The summed E-state index contributed by atoms with van der Waals surface area (Å²) in [4.78, 5) is 33.6. The second kappa shape index (κ2) is 5.85. The van der Waals surface area contributed by atoms with Gasteiger partial charge in [0, 0.05) is 31.2 Å². The lowest BCUT2D eigenvalue weighted by atomic mass is 10.1. The van der Waals surface area contributed by atoms with Gasteiger partial charge in [-0.1, -0.05) is 29.5 Å². The van der Waals surface area contributed by atoms with Gasteiger partial charge in [-0.2, -0.15) is 0 Å². The van der Waals surface area contributed by atoms with E-state index in [-0.39, 0.29) is 16.5 Å². The summed E-state index contributed by atoms with van der Waals surface area (Å²) in [6, 6.07) is 7.55. The van der Waals surface area contributed by atoms with Gasteiger partial charge < -0.3 is 14.6 Å². The number of nitrogens with zero attached hydrogens (tertiary/aromatic N) is 2. The summed E-state index contributed by atoms with van der Waals surface area (Å²) in [7, 11) is 4.88. The Balaban J connectivity index is 2.08. The number of thiazole rings is 1. The first-order chi connectivity index (χ1) is 11.0. The molecule has 7 heteroatoms. The van der Waals surface area contributed by atoms with Crippen LogP contribution in [0, 0.1) is 0 Å². The summed E-state index contributed by atoms with van der Waals surface area (Å²) >= 11 is 1.18. The normalized spacial score (nSPS) is 10.7. The van der Waals surface area contributed by atoms with E-state index in [1.807, 2.05) is 24.3 Å². The van der Waals surface area contributed by atoms with Crippen LogP contribution in [-0.2, 0) is 4.74 Å². The van der Waals surface area contributed by atoms with E-state index in [9.17, 15) is 9.59 Å². The number of ketones is 1. The molecule has 6 nitrogen and oxygen atoms in total. The summed E-state index contributed by atoms with van der Waals surface area (Å²) in [5.74, 6) is -0.770. The molecule has 0 radical (unpaired) electrons. The van der Waals surface area contributed by atoms with Crippen LogP contribution in [0.15, 0.2) is 30.5 Å². The molecule has 23 heavy (non-hydrogen) atoms. The van der Waals surface area contributed by atoms with Gasteiger partial charge in [-0.3, -0.25) is 4.79 Å². The lowest BCUT2D eigenvalue weighted by molar-refractivity contribution is 0.0595. The molecular formula is C16H15N3O3S. The molecule has 0 amide bonds. The van der Waals surface area contributed by atoms with Crippen molar-refractivity contribution in [3.63, 3.8) is 0 Å². The standard InChI is InChI=1S/C16H15N3O3S/c1-19(2)15-12(16(21)22-3)18-14(23-15)13(20)10-8-17-11-7-5-4-6-9(10)11/h4-8,17H,1-3H3. The van der Waals surface area contributed by atoms with Gasteiger partial charge >= 0.3 is 5.97 Å². The van der Waals surface area contributed by atoms with Crippen LogP contribution >= 0.6 is 11.3 Å². The Morgan fingerprint density at radius 2 is 2.00 bits per heavy atom. The molecule has 2 aromatic heterocycles. The number of hydrogen-bond acceptors (Lipinski definition) is 6. The Morgan fingerprint density at radius 1 is 1.26 bits per heavy atom. The summed E-state index contributed by atoms with van der Waals surface area (Å²) in [5, 5.41) is 1.69. The number of hydrogen-bond donors (Lipinski definition) is 1. The third-order valence-electron chi connectivity index (χ3n) is 3.42. The molecule has 3 aromatic rings. The Morgan fingerprint density at radius 3 is 2.70 bits per heavy atom. The minimum absolute atomic E-state index is 0.158. The molecule has 0 bridgehead atoms. The molecule has 0 aliphatic heterocycles. The monoisotopic (exact) mass is 329 g/mol. The zero-order valence-electron chi connectivity index (χ0n) is 12.9. The van der Waals surface area contributed by atoms with Gasteiger partial charge in [0.05, 0.1) is 12.7 Å². The molecular weight excluding hydrogens is 314 g/mol. The average molecular weight is 329 g/mol. The molecule has 1 aromatic carbocycles. The van der Waals surface area contributed by atoms with E-state index in [1.54, 1.807) is 25.2 Å². The van der Waals surface area contributed by atoms with Crippen molar-refractivity contribution in [1.29, 1.82) is 0 Å². The number of fused-ring (bicyclic) bond motifs is 1. The van der Waals surface area contributed by atoms with Gasteiger partial charge in [-0.25, -0.2) is 9.78 Å². The molecule has 3 rings (SSSR count).